The zero-order valence-electron chi connectivity index (χ0n) is 9.91. The van der Waals surface area contributed by atoms with E-state index < -0.39 is 0 Å². The van der Waals surface area contributed by atoms with Gasteiger partial charge in [0.25, 0.3) is 0 Å². The highest BCUT2D eigenvalue weighted by Gasteiger charge is 1.95. The second-order valence-electron chi connectivity index (χ2n) is 3.82. The molecule has 0 aliphatic rings. The Hall–Kier alpha value is -1.49. The Balaban J connectivity index is 2.19. The molecule has 0 unspecified atom stereocenters. The van der Waals surface area contributed by atoms with Gasteiger partial charge in [-0.25, -0.2) is 0 Å². The molecular formula is C14H19NO. The van der Waals surface area contributed by atoms with Crippen molar-refractivity contribution in [2.24, 2.45) is 0 Å². The van der Waals surface area contributed by atoms with E-state index in [1.807, 2.05) is 12.1 Å². The molecule has 0 heterocycles. The van der Waals surface area contributed by atoms with Gasteiger partial charge >= 0.3 is 0 Å². The van der Waals surface area contributed by atoms with E-state index in [1.165, 1.54) is 5.56 Å². The van der Waals surface area contributed by atoms with Gasteiger partial charge in [0.05, 0.1) is 12.7 Å². The Labute approximate surface area is 97.9 Å². The Morgan fingerprint density at radius 1 is 1.25 bits per heavy atom. The van der Waals surface area contributed by atoms with Crippen molar-refractivity contribution < 1.29 is 4.74 Å². The third kappa shape index (κ3) is 4.84. The van der Waals surface area contributed by atoms with E-state index in [2.05, 4.69) is 25.1 Å². The van der Waals surface area contributed by atoms with Crippen LogP contribution in [0, 0.1) is 11.3 Å². The summed E-state index contributed by atoms with van der Waals surface area (Å²) in [6, 6.07) is 10.4. The fourth-order valence-corrected chi connectivity index (χ4v) is 1.53. The fraction of sp³-hybridized carbons (Fsp3) is 0.500. The monoisotopic (exact) mass is 217 g/mol. The number of ether oxygens (including phenoxy) is 1. The third-order valence-electron chi connectivity index (χ3n) is 2.51. The van der Waals surface area contributed by atoms with E-state index in [9.17, 15) is 0 Å². The number of hydrogen-bond acceptors (Lipinski definition) is 2. The Kier molecular flexibility index (Phi) is 6.10. The van der Waals surface area contributed by atoms with E-state index in [-0.39, 0.29) is 0 Å². The Bertz CT molecular complexity index is 341. The van der Waals surface area contributed by atoms with Gasteiger partial charge in [0.2, 0.25) is 0 Å². The second kappa shape index (κ2) is 7.76. The Morgan fingerprint density at radius 3 is 2.88 bits per heavy atom. The summed E-state index contributed by atoms with van der Waals surface area (Å²) < 4.78 is 5.65. The smallest absolute Gasteiger partial charge is 0.119 e. The topological polar surface area (TPSA) is 33.0 Å². The van der Waals surface area contributed by atoms with Crippen molar-refractivity contribution in [3.63, 3.8) is 0 Å². The molecule has 0 saturated carbocycles. The maximum atomic E-state index is 8.38. The number of nitriles is 1. The van der Waals surface area contributed by atoms with E-state index >= 15 is 0 Å². The molecule has 0 fully saturated rings. The van der Waals surface area contributed by atoms with Crippen molar-refractivity contribution in [3.05, 3.63) is 29.8 Å². The summed E-state index contributed by atoms with van der Waals surface area (Å²) in [5, 5.41) is 8.38. The maximum absolute atomic E-state index is 8.38. The zero-order chi connectivity index (χ0) is 11.6. The van der Waals surface area contributed by atoms with Gasteiger partial charge in [-0.15, -0.1) is 0 Å². The van der Waals surface area contributed by atoms with Crippen LogP contribution in [0.3, 0.4) is 0 Å². The van der Waals surface area contributed by atoms with Gasteiger partial charge in [0.15, 0.2) is 0 Å². The molecule has 0 aromatic heterocycles. The molecule has 0 aliphatic heterocycles. The molecule has 2 nitrogen and oxygen atoms in total. The van der Waals surface area contributed by atoms with Gasteiger partial charge in [-0.05, 0) is 43.4 Å². The summed E-state index contributed by atoms with van der Waals surface area (Å²) in [5.74, 6) is 0.958. The van der Waals surface area contributed by atoms with Crippen LogP contribution in [0.1, 0.15) is 38.2 Å². The third-order valence-corrected chi connectivity index (χ3v) is 2.51. The Morgan fingerprint density at radius 2 is 2.12 bits per heavy atom. The van der Waals surface area contributed by atoms with Crippen LogP contribution in [0.15, 0.2) is 24.3 Å². The first kappa shape index (κ1) is 12.6. The van der Waals surface area contributed by atoms with Crippen LogP contribution in [-0.4, -0.2) is 6.61 Å². The van der Waals surface area contributed by atoms with Crippen molar-refractivity contribution in [2.45, 2.75) is 39.0 Å². The van der Waals surface area contributed by atoms with E-state index in [4.69, 9.17) is 10.00 Å². The molecule has 0 N–H and O–H groups in total. The van der Waals surface area contributed by atoms with Gasteiger partial charge in [-0.3, -0.25) is 0 Å². The van der Waals surface area contributed by atoms with E-state index in [0.29, 0.717) is 6.42 Å². The van der Waals surface area contributed by atoms with Crippen molar-refractivity contribution in [1.29, 1.82) is 5.26 Å². The summed E-state index contributed by atoms with van der Waals surface area (Å²) in [6.07, 6.45) is 4.78. The van der Waals surface area contributed by atoms with Crippen molar-refractivity contribution in [2.75, 3.05) is 6.61 Å². The summed E-state index contributed by atoms with van der Waals surface area (Å²) in [7, 11) is 0. The largest absolute Gasteiger partial charge is 0.494 e. The molecule has 2 heteroatoms. The summed E-state index contributed by atoms with van der Waals surface area (Å²) >= 11 is 0. The van der Waals surface area contributed by atoms with Crippen LogP contribution in [0.5, 0.6) is 5.75 Å². The van der Waals surface area contributed by atoms with Crippen LogP contribution in [0.25, 0.3) is 0 Å². The zero-order valence-corrected chi connectivity index (χ0v) is 9.91. The van der Waals surface area contributed by atoms with Gasteiger partial charge in [0, 0.05) is 6.42 Å². The van der Waals surface area contributed by atoms with Crippen LogP contribution < -0.4 is 4.74 Å². The van der Waals surface area contributed by atoms with Gasteiger partial charge < -0.3 is 4.74 Å². The molecule has 16 heavy (non-hydrogen) atoms. The molecule has 86 valence electrons. The molecule has 1 rings (SSSR count). The number of unbranched alkanes of at least 4 members (excludes halogenated alkanes) is 3. The molecule has 0 saturated heterocycles. The fourth-order valence-electron chi connectivity index (χ4n) is 1.53. The van der Waals surface area contributed by atoms with Gasteiger partial charge in [-0.2, -0.15) is 5.26 Å². The predicted octanol–water partition coefficient (Wildman–Crippen LogP) is 3.71. The lowest BCUT2D eigenvalue weighted by Crippen LogP contribution is -1.97. The highest BCUT2D eigenvalue weighted by molar-refractivity contribution is 5.28. The molecule has 0 radical (unpaired) electrons. The SMILES string of the molecule is CCc1cccc(OCCCCCC#N)c1. The molecule has 0 amide bonds. The highest BCUT2D eigenvalue weighted by atomic mass is 16.5. The normalized spacial score (nSPS) is 9.75. The lowest BCUT2D eigenvalue weighted by molar-refractivity contribution is 0.305. The number of aryl methyl sites for hydroxylation is 1. The molecule has 1 aromatic carbocycles. The lowest BCUT2D eigenvalue weighted by Gasteiger charge is -2.06. The molecule has 1 aromatic rings. The summed E-state index contributed by atoms with van der Waals surface area (Å²) in [5.41, 5.74) is 1.31. The minimum Gasteiger partial charge on any atom is -0.494 e. The number of rotatable bonds is 7. The first-order chi connectivity index (χ1) is 7.86. The van der Waals surface area contributed by atoms with Crippen molar-refractivity contribution in [3.8, 4) is 11.8 Å². The van der Waals surface area contributed by atoms with Crippen LogP contribution in [0.2, 0.25) is 0 Å². The second-order valence-corrected chi connectivity index (χ2v) is 3.82. The van der Waals surface area contributed by atoms with Gasteiger partial charge in [-0.1, -0.05) is 19.1 Å². The van der Waals surface area contributed by atoms with Crippen LogP contribution in [-0.2, 0) is 6.42 Å². The summed E-state index contributed by atoms with van der Waals surface area (Å²) in [4.78, 5) is 0. The number of benzene rings is 1. The molecular weight excluding hydrogens is 198 g/mol. The average molecular weight is 217 g/mol. The molecule has 0 atom stereocenters. The molecule has 0 aliphatic carbocycles. The van der Waals surface area contributed by atoms with Crippen LogP contribution in [0.4, 0.5) is 0 Å². The number of hydrogen-bond donors (Lipinski definition) is 0. The number of nitrogens with zero attached hydrogens (tertiary/aromatic N) is 1. The molecule has 0 bridgehead atoms. The van der Waals surface area contributed by atoms with E-state index in [1.54, 1.807) is 0 Å². The average Bonchev–Trinajstić information content (AvgIpc) is 2.34. The highest BCUT2D eigenvalue weighted by Crippen LogP contribution is 2.14. The maximum Gasteiger partial charge on any atom is 0.119 e. The van der Waals surface area contributed by atoms with Crippen molar-refractivity contribution in [1.82, 2.24) is 0 Å². The standard InChI is InChI=1S/C14H19NO/c1-2-13-8-7-9-14(12-13)16-11-6-4-3-5-10-15/h7-9,12H,2-6,11H2,1H3. The minimum absolute atomic E-state index is 0.658. The predicted molar refractivity (Wildman–Crippen MR) is 65.4 cm³/mol. The van der Waals surface area contributed by atoms with E-state index in [0.717, 1.165) is 38.0 Å². The summed E-state index contributed by atoms with van der Waals surface area (Å²) in [6.45, 7) is 2.89. The lowest BCUT2D eigenvalue weighted by atomic mass is 10.2. The first-order valence-corrected chi connectivity index (χ1v) is 5.95. The first-order valence-electron chi connectivity index (χ1n) is 5.95. The van der Waals surface area contributed by atoms with Crippen molar-refractivity contribution >= 4 is 0 Å². The quantitative estimate of drug-likeness (QED) is 0.652. The minimum atomic E-state index is 0.658. The molecule has 0 spiro atoms. The van der Waals surface area contributed by atoms with Crippen LogP contribution >= 0.6 is 0 Å². The van der Waals surface area contributed by atoms with Gasteiger partial charge in [0.1, 0.15) is 5.75 Å².